The van der Waals surface area contributed by atoms with Crippen LogP contribution in [-0.4, -0.2) is 6.54 Å². The molecule has 0 aliphatic carbocycles. The number of aryl methyl sites for hydroxylation is 2. The van der Waals surface area contributed by atoms with Crippen LogP contribution in [0.15, 0.2) is 34.1 Å². The summed E-state index contributed by atoms with van der Waals surface area (Å²) < 4.78 is 1.23. The summed E-state index contributed by atoms with van der Waals surface area (Å²) in [5.41, 5.74) is 3.96. The highest BCUT2D eigenvalue weighted by Gasteiger charge is 2.16. The van der Waals surface area contributed by atoms with E-state index in [4.69, 9.17) is 0 Å². The quantitative estimate of drug-likeness (QED) is 0.850. The predicted octanol–water partition coefficient (Wildman–Crippen LogP) is 4.83. The minimum Gasteiger partial charge on any atom is -0.306 e. The van der Waals surface area contributed by atoms with Crippen molar-refractivity contribution < 1.29 is 0 Å². The van der Waals surface area contributed by atoms with Gasteiger partial charge >= 0.3 is 0 Å². The summed E-state index contributed by atoms with van der Waals surface area (Å²) in [6.07, 6.45) is 0. The van der Waals surface area contributed by atoms with E-state index < -0.39 is 0 Å². The number of thiophene rings is 1. The number of nitrogens with one attached hydrogen (secondary N) is 1. The molecule has 1 atom stereocenters. The van der Waals surface area contributed by atoms with E-state index >= 15 is 0 Å². The zero-order chi connectivity index (χ0) is 13.1. The fourth-order valence-corrected chi connectivity index (χ4v) is 3.74. The average Bonchev–Trinajstić information content (AvgIpc) is 2.66. The third kappa shape index (κ3) is 3.02. The van der Waals surface area contributed by atoms with Crippen molar-refractivity contribution in [2.45, 2.75) is 26.8 Å². The van der Waals surface area contributed by atoms with Gasteiger partial charge in [-0.2, -0.15) is 0 Å². The Morgan fingerprint density at radius 3 is 2.61 bits per heavy atom. The number of halogens is 1. The molecule has 96 valence electrons. The van der Waals surface area contributed by atoms with E-state index in [0.29, 0.717) is 6.04 Å². The molecule has 1 unspecified atom stereocenters. The van der Waals surface area contributed by atoms with Gasteiger partial charge in [-0.25, -0.2) is 0 Å². The first kappa shape index (κ1) is 13.8. The lowest BCUT2D eigenvalue weighted by molar-refractivity contribution is 0.639. The van der Waals surface area contributed by atoms with Crippen molar-refractivity contribution in [1.82, 2.24) is 5.32 Å². The van der Waals surface area contributed by atoms with Crippen molar-refractivity contribution in [3.8, 4) is 0 Å². The van der Waals surface area contributed by atoms with Crippen LogP contribution in [0.5, 0.6) is 0 Å². The first-order valence-electron chi connectivity index (χ1n) is 6.17. The SMILES string of the molecule is CCNC(c1cccc(C)c1)c1cc(C)c(Br)s1. The number of benzene rings is 1. The van der Waals surface area contributed by atoms with E-state index in [9.17, 15) is 0 Å². The van der Waals surface area contributed by atoms with Gasteiger partial charge in [0.1, 0.15) is 0 Å². The van der Waals surface area contributed by atoms with Crippen LogP contribution >= 0.6 is 27.3 Å². The fraction of sp³-hybridized carbons (Fsp3) is 0.333. The summed E-state index contributed by atoms with van der Waals surface area (Å²) in [5, 5.41) is 3.57. The van der Waals surface area contributed by atoms with Gasteiger partial charge in [-0.3, -0.25) is 0 Å². The Bertz CT molecular complexity index is 514. The molecule has 0 saturated carbocycles. The fourth-order valence-electron chi connectivity index (χ4n) is 2.06. The Labute approximate surface area is 121 Å². The number of hydrogen-bond donors (Lipinski definition) is 1. The van der Waals surface area contributed by atoms with Crippen molar-refractivity contribution in [2.75, 3.05) is 6.54 Å². The molecular formula is C15H18BrNS. The van der Waals surface area contributed by atoms with Gasteiger partial charge in [0, 0.05) is 4.88 Å². The van der Waals surface area contributed by atoms with E-state index in [1.165, 1.54) is 25.4 Å². The van der Waals surface area contributed by atoms with Gasteiger partial charge in [0.25, 0.3) is 0 Å². The van der Waals surface area contributed by atoms with Gasteiger partial charge in [0.2, 0.25) is 0 Å². The van der Waals surface area contributed by atoms with Crippen molar-refractivity contribution in [3.63, 3.8) is 0 Å². The molecule has 0 spiro atoms. The van der Waals surface area contributed by atoms with Gasteiger partial charge in [-0.1, -0.05) is 36.8 Å². The van der Waals surface area contributed by atoms with Crippen LogP contribution < -0.4 is 5.32 Å². The molecule has 0 aliphatic heterocycles. The molecular weight excluding hydrogens is 306 g/mol. The number of rotatable bonds is 4. The van der Waals surface area contributed by atoms with Gasteiger partial charge in [-0.15, -0.1) is 11.3 Å². The molecule has 1 aromatic heterocycles. The van der Waals surface area contributed by atoms with Gasteiger partial charge in [0.15, 0.2) is 0 Å². The van der Waals surface area contributed by atoms with Crippen molar-refractivity contribution >= 4 is 27.3 Å². The lowest BCUT2D eigenvalue weighted by Gasteiger charge is -2.17. The van der Waals surface area contributed by atoms with E-state index in [0.717, 1.165) is 6.54 Å². The lowest BCUT2D eigenvalue weighted by Crippen LogP contribution is -2.21. The molecule has 0 amide bonds. The molecule has 3 heteroatoms. The Kier molecular flexibility index (Phi) is 4.60. The predicted molar refractivity (Wildman–Crippen MR) is 83.5 cm³/mol. The molecule has 0 radical (unpaired) electrons. The van der Waals surface area contributed by atoms with Crippen molar-refractivity contribution in [2.24, 2.45) is 0 Å². The molecule has 2 rings (SSSR count). The highest BCUT2D eigenvalue weighted by Crippen LogP contribution is 2.34. The Hall–Kier alpha value is -0.640. The van der Waals surface area contributed by atoms with E-state index in [2.05, 4.69) is 72.3 Å². The van der Waals surface area contributed by atoms with E-state index in [-0.39, 0.29) is 0 Å². The standard InChI is InChI=1S/C15H18BrNS/c1-4-17-14(12-7-5-6-10(2)8-12)13-9-11(3)15(16)18-13/h5-9,14,17H,4H2,1-3H3. The van der Waals surface area contributed by atoms with Crippen LogP contribution in [0.4, 0.5) is 0 Å². The monoisotopic (exact) mass is 323 g/mol. The first-order chi connectivity index (χ1) is 8.61. The summed E-state index contributed by atoms with van der Waals surface area (Å²) in [6, 6.07) is 11.3. The smallest absolute Gasteiger partial charge is 0.0731 e. The summed E-state index contributed by atoms with van der Waals surface area (Å²) in [5.74, 6) is 0. The Balaban J connectivity index is 2.39. The second kappa shape index (κ2) is 6.00. The average molecular weight is 324 g/mol. The molecule has 1 N–H and O–H groups in total. The van der Waals surface area contributed by atoms with Gasteiger partial charge < -0.3 is 5.32 Å². The van der Waals surface area contributed by atoms with Crippen LogP contribution in [0.3, 0.4) is 0 Å². The normalized spacial score (nSPS) is 12.7. The molecule has 0 aliphatic rings. The van der Waals surface area contributed by atoms with Gasteiger partial charge in [0.05, 0.1) is 9.83 Å². The second-order valence-electron chi connectivity index (χ2n) is 4.51. The molecule has 2 aromatic rings. The van der Waals surface area contributed by atoms with Crippen LogP contribution in [0.2, 0.25) is 0 Å². The second-order valence-corrected chi connectivity index (χ2v) is 6.91. The van der Waals surface area contributed by atoms with Gasteiger partial charge in [-0.05, 0) is 53.5 Å². The molecule has 1 heterocycles. The minimum absolute atomic E-state index is 0.296. The Morgan fingerprint density at radius 1 is 1.28 bits per heavy atom. The first-order valence-corrected chi connectivity index (χ1v) is 7.78. The molecule has 0 fully saturated rings. The van der Waals surface area contributed by atoms with E-state index in [1.807, 2.05) is 11.3 Å². The molecule has 18 heavy (non-hydrogen) atoms. The largest absolute Gasteiger partial charge is 0.306 e. The molecule has 0 saturated heterocycles. The summed E-state index contributed by atoms with van der Waals surface area (Å²) in [7, 11) is 0. The van der Waals surface area contributed by atoms with Crippen molar-refractivity contribution in [1.29, 1.82) is 0 Å². The molecule has 1 nitrogen and oxygen atoms in total. The van der Waals surface area contributed by atoms with Crippen LogP contribution in [-0.2, 0) is 0 Å². The zero-order valence-corrected chi connectivity index (χ0v) is 13.4. The summed E-state index contributed by atoms with van der Waals surface area (Å²) in [6.45, 7) is 7.40. The zero-order valence-electron chi connectivity index (χ0n) is 11.0. The minimum atomic E-state index is 0.296. The van der Waals surface area contributed by atoms with Crippen molar-refractivity contribution in [3.05, 3.63) is 55.7 Å². The number of hydrogen-bond acceptors (Lipinski definition) is 2. The highest BCUT2D eigenvalue weighted by atomic mass is 79.9. The summed E-state index contributed by atoms with van der Waals surface area (Å²) in [4.78, 5) is 1.37. The summed E-state index contributed by atoms with van der Waals surface area (Å²) >= 11 is 5.43. The maximum atomic E-state index is 3.61. The third-order valence-electron chi connectivity index (χ3n) is 2.94. The topological polar surface area (TPSA) is 12.0 Å². The van der Waals surface area contributed by atoms with Crippen LogP contribution in [0.25, 0.3) is 0 Å². The van der Waals surface area contributed by atoms with Crippen LogP contribution in [0.1, 0.15) is 34.5 Å². The molecule has 1 aromatic carbocycles. The van der Waals surface area contributed by atoms with Crippen LogP contribution in [0, 0.1) is 13.8 Å². The third-order valence-corrected chi connectivity index (χ3v) is 5.15. The maximum Gasteiger partial charge on any atom is 0.0731 e. The maximum absolute atomic E-state index is 3.61. The van der Waals surface area contributed by atoms with E-state index in [1.54, 1.807) is 0 Å². The molecule has 0 bridgehead atoms. The lowest BCUT2D eigenvalue weighted by atomic mass is 10.0. The highest BCUT2D eigenvalue weighted by molar-refractivity contribution is 9.11. The Morgan fingerprint density at radius 2 is 2.06 bits per heavy atom.